The molecule has 10 nitrogen and oxygen atoms in total. The molecule has 0 saturated carbocycles. The van der Waals surface area contributed by atoms with E-state index < -0.39 is 6.04 Å². The summed E-state index contributed by atoms with van der Waals surface area (Å²) in [6.45, 7) is 1.82. The van der Waals surface area contributed by atoms with Crippen molar-refractivity contribution in [2.45, 2.75) is 22.8 Å². The number of nitrogens with two attached hydrogens (primary N) is 1. The van der Waals surface area contributed by atoms with Gasteiger partial charge in [-0.3, -0.25) is 9.36 Å². The first-order valence-corrected chi connectivity index (χ1v) is 11.7. The molecular weight excluding hydrogens is 476 g/mol. The van der Waals surface area contributed by atoms with Crippen molar-refractivity contribution in [3.8, 4) is 17.5 Å². The molecule has 178 valence electrons. The normalized spacial score (nSPS) is 11.8. The number of hydrogen-bond donors (Lipinski definition) is 3. The third-order valence-electron chi connectivity index (χ3n) is 5.46. The number of nitrogens with zero attached hydrogens (tertiary/aromatic N) is 6. The van der Waals surface area contributed by atoms with Gasteiger partial charge in [-0.1, -0.05) is 36.0 Å². The van der Waals surface area contributed by atoms with Crippen LogP contribution in [0, 0.1) is 11.3 Å². The van der Waals surface area contributed by atoms with Crippen LogP contribution in [0.15, 0.2) is 87.8 Å². The Bertz CT molecular complexity index is 1670. The summed E-state index contributed by atoms with van der Waals surface area (Å²) in [5, 5.41) is 27.2. The maximum absolute atomic E-state index is 13.9. The lowest BCUT2D eigenvalue weighted by Gasteiger charge is -2.20. The number of nitrogen functional groups attached to an aromatic ring is 1. The molecule has 0 saturated heterocycles. The Kier molecular flexibility index (Phi) is 6.02. The van der Waals surface area contributed by atoms with Gasteiger partial charge in [-0.2, -0.15) is 10.4 Å². The Morgan fingerprint density at radius 1 is 1.14 bits per heavy atom. The molecule has 0 aliphatic rings. The Hall–Kier alpha value is -4.82. The summed E-state index contributed by atoms with van der Waals surface area (Å²) < 4.78 is 3.08. The second-order valence-corrected chi connectivity index (χ2v) is 8.98. The van der Waals surface area contributed by atoms with Crippen molar-refractivity contribution in [1.29, 1.82) is 5.26 Å². The second kappa shape index (κ2) is 9.44. The van der Waals surface area contributed by atoms with Gasteiger partial charge in [0, 0.05) is 16.0 Å². The number of phenolic OH excluding ortho intramolecular Hbond substituents is 1. The lowest BCUT2D eigenvalue weighted by atomic mass is 10.2. The second-order valence-electron chi connectivity index (χ2n) is 7.87. The highest BCUT2D eigenvalue weighted by atomic mass is 32.2. The van der Waals surface area contributed by atoms with Crippen molar-refractivity contribution in [3.05, 3.63) is 94.9 Å². The van der Waals surface area contributed by atoms with Crippen molar-refractivity contribution in [3.63, 3.8) is 0 Å². The summed E-state index contributed by atoms with van der Waals surface area (Å²) in [5.74, 6) is 0.862. The van der Waals surface area contributed by atoms with Crippen molar-refractivity contribution < 1.29 is 5.11 Å². The third-order valence-corrected chi connectivity index (χ3v) is 6.50. The highest BCUT2D eigenvalue weighted by Crippen LogP contribution is 2.32. The molecule has 0 radical (unpaired) electrons. The fourth-order valence-electron chi connectivity index (χ4n) is 3.81. The van der Waals surface area contributed by atoms with Gasteiger partial charge in [0.2, 0.25) is 0 Å². The van der Waals surface area contributed by atoms with Gasteiger partial charge in [0.15, 0.2) is 5.82 Å². The SMILES string of the molecule is CC(Nc1ncnc(N)c1C#N)c1nn2ccc(Sc3cccc(O)c3)c2c(=O)n1-c1ccccc1. The van der Waals surface area contributed by atoms with E-state index in [1.165, 1.54) is 22.7 Å². The van der Waals surface area contributed by atoms with Crippen LogP contribution < -0.4 is 16.6 Å². The molecule has 2 aromatic carbocycles. The van der Waals surface area contributed by atoms with E-state index in [1.54, 1.807) is 28.9 Å². The van der Waals surface area contributed by atoms with Crippen LogP contribution in [0.4, 0.5) is 11.6 Å². The Morgan fingerprint density at radius 3 is 2.69 bits per heavy atom. The van der Waals surface area contributed by atoms with E-state index in [1.807, 2.05) is 55.5 Å². The minimum Gasteiger partial charge on any atom is -0.508 e. The molecule has 1 unspecified atom stereocenters. The molecular formula is C25H20N8O2S. The van der Waals surface area contributed by atoms with Crippen molar-refractivity contribution in [2.24, 2.45) is 0 Å². The first kappa shape index (κ1) is 22.9. The standard InChI is InChI=1S/C25H20N8O2S/c1-15(30-23-19(13-26)22(27)28-14-29-23)24-31-32-11-10-20(36-18-9-5-8-17(34)12-18)21(32)25(35)33(24)16-6-3-2-4-7-16/h2-12,14-15,34H,1H3,(H3,27,28,29,30). The zero-order chi connectivity index (χ0) is 25.2. The van der Waals surface area contributed by atoms with Crippen LogP contribution in [-0.4, -0.2) is 29.3 Å². The summed E-state index contributed by atoms with van der Waals surface area (Å²) in [5.41, 5.74) is 6.71. The molecule has 3 aromatic heterocycles. The quantitative estimate of drug-likeness (QED) is 0.320. The van der Waals surface area contributed by atoms with Gasteiger partial charge in [0.05, 0.1) is 11.7 Å². The summed E-state index contributed by atoms with van der Waals surface area (Å²) >= 11 is 1.36. The fraction of sp³-hybridized carbons (Fsp3) is 0.0800. The van der Waals surface area contributed by atoms with Crippen molar-refractivity contribution in [1.82, 2.24) is 24.1 Å². The van der Waals surface area contributed by atoms with Crippen LogP contribution in [0.3, 0.4) is 0 Å². The Morgan fingerprint density at radius 2 is 1.94 bits per heavy atom. The molecule has 5 rings (SSSR count). The van der Waals surface area contributed by atoms with E-state index in [9.17, 15) is 15.2 Å². The lowest BCUT2D eigenvalue weighted by Crippen LogP contribution is -2.29. The molecule has 0 bridgehead atoms. The van der Waals surface area contributed by atoms with E-state index in [4.69, 9.17) is 10.8 Å². The average Bonchev–Trinajstić information content (AvgIpc) is 3.27. The van der Waals surface area contributed by atoms with Gasteiger partial charge in [-0.15, -0.1) is 0 Å². The van der Waals surface area contributed by atoms with Gasteiger partial charge in [-0.05, 0) is 43.3 Å². The number of fused-ring (bicyclic) bond motifs is 1. The molecule has 0 fully saturated rings. The van der Waals surface area contributed by atoms with E-state index in [0.29, 0.717) is 21.9 Å². The first-order valence-electron chi connectivity index (χ1n) is 10.9. The molecule has 0 spiro atoms. The maximum Gasteiger partial charge on any atom is 0.283 e. The smallest absolute Gasteiger partial charge is 0.283 e. The minimum absolute atomic E-state index is 0.0603. The van der Waals surface area contributed by atoms with Crippen molar-refractivity contribution in [2.75, 3.05) is 11.1 Å². The fourth-order valence-corrected chi connectivity index (χ4v) is 4.79. The molecule has 11 heteroatoms. The number of anilines is 2. The molecule has 0 amide bonds. The van der Waals surface area contributed by atoms with Crippen LogP contribution in [0.25, 0.3) is 11.2 Å². The number of rotatable bonds is 6. The zero-order valence-electron chi connectivity index (χ0n) is 19.0. The van der Waals surface area contributed by atoms with E-state index in [2.05, 4.69) is 15.3 Å². The lowest BCUT2D eigenvalue weighted by molar-refractivity contribution is 0.474. The van der Waals surface area contributed by atoms with Gasteiger partial charge >= 0.3 is 0 Å². The van der Waals surface area contributed by atoms with E-state index in [0.717, 1.165) is 4.90 Å². The summed E-state index contributed by atoms with van der Waals surface area (Å²) in [7, 11) is 0. The molecule has 0 aliphatic heterocycles. The topological polar surface area (TPSA) is 147 Å². The molecule has 3 heterocycles. The van der Waals surface area contributed by atoms with Gasteiger partial charge in [0.25, 0.3) is 5.56 Å². The van der Waals surface area contributed by atoms with Gasteiger partial charge in [-0.25, -0.2) is 14.5 Å². The van der Waals surface area contributed by atoms with Crippen LogP contribution >= 0.6 is 11.8 Å². The third kappa shape index (κ3) is 4.21. The number of phenols is 1. The summed E-state index contributed by atoms with van der Waals surface area (Å²) in [6, 6.07) is 19.3. The average molecular weight is 497 g/mol. The maximum atomic E-state index is 13.9. The summed E-state index contributed by atoms with van der Waals surface area (Å²) in [6.07, 6.45) is 2.99. The number of hydrogen-bond acceptors (Lipinski definition) is 9. The Labute approximate surface area is 209 Å². The highest BCUT2D eigenvalue weighted by Gasteiger charge is 2.22. The zero-order valence-corrected chi connectivity index (χ0v) is 19.8. The molecule has 0 aliphatic carbocycles. The summed E-state index contributed by atoms with van der Waals surface area (Å²) in [4.78, 5) is 23.4. The van der Waals surface area contributed by atoms with Gasteiger partial charge in [0.1, 0.15) is 40.9 Å². The number of aromatic nitrogens is 5. The monoisotopic (exact) mass is 496 g/mol. The van der Waals surface area contributed by atoms with Crippen LogP contribution in [-0.2, 0) is 0 Å². The predicted molar refractivity (Wildman–Crippen MR) is 136 cm³/mol. The number of nitriles is 1. The molecule has 4 N–H and O–H groups in total. The van der Waals surface area contributed by atoms with E-state index in [-0.39, 0.29) is 28.5 Å². The van der Waals surface area contributed by atoms with Crippen LogP contribution in [0.5, 0.6) is 5.75 Å². The minimum atomic E-state index is -0.534. The first-order chi connectivity index (χ1) is 17.5. The number of nitrogens with one attached hydrogen (secondary N) is 1. The van der Waals surface area contributed by atoms with Crippen LogP contribution in [0.2, 0.25) is 0 Å². The molecule has 36 heavy (non-hydrogen) atoms. The predicted octanol–water partition coefficient (Wildman–Crippen LogP) is 3.76. The van der Waals surface area contributed by atoms with Crippen LogP contribution in [0.1, 0.15) is 24.4 Å². The number of para-hydroxylation sites is 1. The van der Waals surface area contributed by atoms with Gasteiger partial charge < -0.3 is 16.2 Å². The molecule has 1 atom stereocenters. The number of benzene rings is 2. The highest BCUT2D eigenvalue weighted by molar-refractivity contribution is 7.99. The largest absolute Gasteiger partial charge is 0.508 e. The van der Waals surface area contributed by atoms with Crippen molar-refractivity contribution >= 4 is 28.9 Å². The number of aromatic hydroxyl groups is 1. The molecule has 5 aromatic rings. The Balaban J connectivity index is 1.65. The van der Waals surface area contributed by atoms with E-state index >= 15 is 0 Å².